The van der Waals surface area contributed by atoms with Gasteiger partial charge in [-0.05, 0) is 25.0 Å². The number of para-hydroxylation sites is 1. The molecule has 0 saturated carbocycles. The molecule has 2 rings (SSSR count). The molecule has 0 aromatic heterocycles. The SMILES string of the molecule is CCCC(=O)CN1C(=O)C(=O)c2cccc(C)c21. The Morgan fingerprint density at radius 3 is 2.67 bits per heavy atom. The summed E-state index contributed by atoms with van der Waals surface area (Å²) in [4.78, 5) is 36.7. The minimum absolute atomic E-state index is 0.00370. The van der Waals surface area contributed by atoms with Crippen LogP contribution in [0.1, 0.15) is 35.7 Å². The van der Waals surface area contributed by atoms with Crippen molar-refractivity contribution in [2.45, 2.75) is 26.7 Å². The van der Waals surface area contributed by atoms with Crippen molar-refractivity contribution in [2.24, 2.45) is 0 Å². The number of carbonyl (C=O) groups excluding carboxylic acids is 3. The topological polar surface area (TPSA) is 54.5 Å². The lowest BCUT2D eigenvalue weighted by Gasteiger charge is -2.17. The van der Waals surface area contributed by atoms with Crippen LogP contribution in [0.5, 0.6) is 0 Å². The summed E-state index contributed by atoms with van der Waals surface area (Å²) < 4.78 is 0. The normalized spacial score (nSPS) is 14.0. The predicted molar refractivity (Wildman–Crippen MR) is 67.8 cm³/mol. The van der Waals surface area contributed by atoms with Crippen molar-refractivity contribution < 1.29 is 14.4 Å². The van der Waals surface area contributed by atoms with Crippen LogP contribution in [0, 0.1) is 6.92 Å². The molecule has 18 heavy (non-hydrogen) atoms. The smallest absolute Gasteiger partial charge is 0.298 e. The molecule has 94 valence electrons. The number of hydrogen-bond donors (Lipinski definition) is 0. The van der Waals surface area contributed by atoms with Gasteiger partial charge in [-0.2, -0.15) is 0 Å². The number of nitrogens with zero attached hydrogens (tertiary/aromatic N) is 1. The van der Waals surface area contributed by atoms with Gasteiger partial charge in [-0.15, -0.1) is 0 Å². The van der Waals surface area contributed by atoms with Gasteiger partial charge in [0.25, 0.3) is 11.7 Å². The molecule has 0 atom stereocenters. The molecule has 1 amide bonds. The Morgan fingerprint density at radius 1 is 1.28 bits per heavy atom. The van der Waals surface area contributed by atoms with Crippen molar-refractivity contribution in [1.29, 1.82) is 0 Å². The molecule has 0 saturated heterocycles. The highest BCUT2D eigenvalue weighted by Gasteiger charge is 2.37. The Balaban J connectivity index is 2.36. The van der Waals surface area contributed by atoms with E-state index in [4.69, 9.17) is 0 Å². The highest BCUT2D eigenvalue weighted by Crippen LogP contribution is 2.31. The number of ketones is 2. The van der Waals surface area contributed by atoms with Crippen LogP contribution in [0.15, 0.2) is 18.2 Å². The van der Waals surface area contributed by atoms with E-state index in [0.29, 0.717) is 17.7 Å². The van der Waals surface area contributed by atoms with Gasteiger partial charge in [-0.25, -0.2) is 0 Å². The maximum atomic E-state index is 11.9. The van der Waals surface area contributed by atoms with E-state index in [-0.39, 0.29) is 12.3 Å². The molecule has 4 heteroatoms. The molecule has 0 radical (unpaired) electrons. The number of benzene rings is 1. The van der Waals surface area contributed by atoms with Gasteiger partial charge in [0.15, 0.2) is 5.78 Å². The molecule has 1 heterocycles. The molecule has 0 bridgehead atoms. The van der Waals surface area contributed by atoms with Gasteiger partial charge in [0.1, 0.15) is 0 Å². The molecule has 1 aliphatic heterocycles. The first kappa shape index (κ1) is 12.5. The number of Topliss-reactive ketones (excluding diaryl/α,β-unsaturated/α-hetero) is 2. The summed E-state index contributed by atoms with van der Waals surface area (Å²) >= 11 is 0. The minimum atomic E-state index is -0.594. The average Bonchev–Trinajstić information content (AvgIpc) is 2.56. The second kappa shape index (κ2) is 4.72. The van der Waals surface area contributed by atoms with E-state index in [2.05, 4.69) is 0 Å². The van der Waals surface area contributed by atoms with Crippen molar-refractivity contribution in [3.8, 4) is 0 Å². The molecular formula is C14H15NO3. The van der Waals surface area contributed by atoms with Crippen LogP contribution in [0.3, 0.4) is 0 Å². The third-order valence-corrected chi connectivity index (χ3v) is 3.06. The quantitative estimate of drug-likeness (QED) is 0.761. The van der Waals surface area contributed by atoms with Crippen LogP contribution >= 0.6 is 0 Å². The Bertz CT molecular complexity index is 534. The maximum Gasteiger partial charge on any atom is 0.299 e. The fourth-order valence-corrected chi connectivity index (χ4v) is 2.22. The Kier molecular flexibility index (Phi) is 3.28. The van der Waals surface area contributed by atoms with Crippen LogP contribution in [-0.4, -0.2) is 24.0 Å². The van der Waals surface area contributed by atoms with Crippen LogP contribution in [-0.2, 0) is 9.59 Å². The highest BCUT2D eigenvalue weighted by molar-refractivity contribution is 6.52. The molecular weight excluding hydrogens is 230 g/mol. The van der Waals surface area contributed by atoms with Crippen molar-refractivity contribution in [3.05, 3.63) is 29.3 Å². The lowest BCUT2D eigenvalue weighted by molar-refractivity contribution is -0.120. The van der Waals surface area contributed by atoms with E-state index in [1.807, 2.05) is 19.9 Å². The number of amides is 1. The standard InChI is InChI=1S/C14H15NO3/c1-3-5-10(16)8-15-12-9(2)6-4-7-11(12)13(17)14(15)18/h4,6-7H,3,5,8H2,1-2H3. The van der Waals surface area contributed by atoms with E-state index in [0.717, 1.165) is 12.0 Å². The van der Waals surface area contributed by atoms with E-state index in [9.17, 15) is 14.4 Å². The van der Waals surface area contributed by atoms with E-state index in [1.165, 1.54) is 4.90 Å². The van der Waals surface area contributed by atoms with Gasteiger partial charge in [-0.1, -0.05) is 19.1 Å². The molecule has 0 aliphatic carbocycles. The summed E-state index contributed by atoms with van der Waals surface area (Å²) in [6.07, 6.45) is 1.18. The lowest BCUT2D eigenvalue weighted by Crippen LogP contribution is -2.34. The van der Waals surface area contributed by atoms with Crippen LogP contribution in [0.4, 0.5) is 5.69 Å². The molecule has 1 aliphatic rings. The molecule has 0 unspecified atom stereocenters. The Hall–Kier alpha value is -1.97. The van der Waals surface area contributed by atoms with Crippen LogP contribution in [0.25, 0.3) is 0 Å². The largest absolute Gasteiger partial charge is 0.299 e. The summed E-state index contributed by atoms with van der Waals surface area (Å²) in [5.41, 5.74) is 1.84. The van der Waals surface area contributed by atoms with Gasteiger partial charge in [0.05, 0.1) is 17.8 Å². The van der Waals surface area contributed by atoms with Crippen LogP contribution in [0.2, 0.25) is 0 Å². The minimum Gasteiger partial charge on any atom is -0.298 e. The maximum absolute atomic E-state index is 11.9. The fourth-order valence-electron chi connectivity index (χ4n) is 2.22. The summed E-state index contributed by atoms with van der Waals surface area (Å²) in [6.45, 7) is 3.74. The van der Waals surface area contributed by atoms with Crippen molar-refractivity contribution in [1.82, 2.24) is 0 Å². The van der Waals surface area contributed by atoms with Gasteiger partial charge >= 0.3 is 0 Å². The zero-order chi connectivity index (χ0) is 13.3. The molecule has 4 nitrogen and oxygen atoms in total. The first-order valence-corrected chi connectivity index (χ1v) is 6.03. The van der Waals surface area contributed by atoms with E-state index < -0.39 is 11.7 Å². The number of hydrogen-bond acceptors (Lipinski definition) is 3. The van der Waals surface area contributed by atoms with Gasteiger partial charge < -0.3 is 0 Å². The average molecular weight is 245 g/mol. The highest BCUT2D eigenvalue weighted by atomic mass is 16.2. The number of rotatable bonds is 4. The Morgan fingerprint density at radius 2 is 2.00 bits per heavy atom. The molecule has 1 aromatic carbocycles. The number of aryl methyl sites for hydroxylation is 1. The molecule has 0 N–H and O–H groups in total. The van der Waals surface area contributed by atoms with Crippen molar-refractivity contribution in [3.63, 3.8) is 0 Å². The van der Waals surface area contributed by atoms with Crippen molar-refractivity contribution in [2.75, 3.05) is 11.4 Å². The zero-order valence-corrected chi connectivity index (χ0v) is 10.5. The summed E-state index contributed by atoms with van der Waals surface area (Å²) in [5, 5.41) is 0. The summed E-state index contributed by atoms with van der Waals surface area (Å²) in [7, 11) is 0. The number of carbonyl (C=O) groups is 3. The third-order valence-electron chi connectivity index (χ3n) is 3.06. The molecule has 0 spiro atoms. The monoisotopic (exact) mass is 245 g/mol. The third kappa shape index (κ3) is 1.94. The molecule has 1 aromatic rings. The lowest BCUT2D eigenvalue weighted by atomic mass is 10.1. The first-order valence-electron chi connectivity index (χ1n) is 6.03. The predicted octanol–water partition coefficient (Wildman–Crippen LogP) is 1.89. The van der Waals surface area contributed by atoms with Gasteiger partial charge in [-0.3, -0.25) is 19.3 Å². The summed E-state index contributed by atoms with van der Waals surface area (Å²) in [6, 6.07) is 5.21. The van der Waals surface area contributed by atoms with Crippen molar-refractivity contribution >= 4 is 23.2 Å². The first-order chi connectivity index (χ1) is 8.56. The Labute approximate surface area is 106 Å². The number of fused-ring (bicyclic) bond motifs is 1. The second-order valence-electron chi connectivity index (χ2n) is 4.48. The van der Waals surface area contributed by atoms with Gasteiger partial charge in [0.2, 0.25) is 0 Å². The molecule has 0 fully saturated rings. The van der Waals surface area contributed by atoms with Gasteiger partial charge in [0, 0.05) is 6.42 Å². The van der Waals surface area contributed by atoms with E-state index in [1.54, 1.807) is 12.1 Å². The summed E-state index contributed by atoms with van der Waals surface area (Å²) in [5.74, 6) is -1.13. The van der Waals surface area contributed by atoms with E-state index >= 15 is 0 Å². The zero-order valence-electron chi connectivity index (χ0n) is 10.5. The fraction of sp³-hybridized carbons (Fsp3) is 0.357. The van der Waals surface area contributed by atoms with Crippen LogP contribution < -0.4 is 4.90 Å². The second-order valence-corrected chi connectivity index (χ2v) is 4.48. The number of anilines is 1.